The molecule has 1 saturated heterocycles. The highest BCUT2D eigenvalue weighted by molar-refractivity contribution is 7.91. The van der Waals surface area contributed by atoms with Gasteiger partial charge in [0.25, 0.3) is 0 Å². The number of hydrogen-bond acceptors (Lipinski definition) is 6. The largest absolute Gasteiger partial charge is 0.464 e. The zero-order valence-corrected chi connectivity index (χ0v) is 14.1. The van der Waals surface area contributed by atoms with E-state index in [2.05, 4.69) is 10.1 Å². The number of anilines is 1. The summed E-state index contributed by atoms with van der Waals surface area (Å²) in [7, 11) is -2.95. The van der Waals surface area contributed by atoms with Gasteiger partial charge in [-0.2, -0.15) is 0 Å². The highest BCUT2D eigenvalue weighted by atomic mass is 32.2. The summed E-state index contributed by atoms with van der Waals surface area (Å²) >= 11 is 0. The van der Waals surface area contributed by atoms with Gasteiger partial charge in [-0.1, -0.05) is 6.07 Å². The summed E-state index contributed by atoms with van der Waals surface area (Å²) in [4.78, 5) is 11.3. The lowest BCUT2D eigenvalue weighted by molar-refractivity contribution is -0.152. The topological polar surface area (TPSA) is 92.7 Å². The first-order valence-electron chi connectivity index (χ1n) is 7.91. The van der Waals surface area contributed by atoms with Crippen LogP contribution in [0.3, 0.4) is 0 Å². The molecule has 1 aromatic rings. The number of sulfone groups is 1. The summed E-state index contributed by atoms with van der Waals surface area (Å²) in [6.45, 7) is 1.74. The Balaban J connectivity index is 1.59. The molecule has 0 amide bonds. The molecule has 2 N–H and O–H groups in total. The molecule has 3 rings (SSSR count). The van der Waals surface area contributed by atoms with E-state index in [0.29, 0.717) is 11.3 Å². The summed E-state index contributed by atoms with van der Waals surface area (Å²) in [6.07, 6.45) is -1.32. The number of carbonyl (C=O) groups excluding carboxylic acids is 1. The van der Waals surface area contributed by atoms with E-state index in [9.17, 15) is 22.7 Å². The van der Waals surface area contributed by atoms with Crippen LogP contribution in [0.5, 0.6) is 0 Å². The molecule has 8 heteroatoms. The van der Waals surface area contributed by atoms with Crippen LogP contribution < -0.4 is 5.32 Å². The van der Waals surface area contributed by atoms with Gasteiger partial charge < -0.3 is 15.2 Å². The van der Waals surface area contributed by atoms with Crippen molar-refractivity contribution >= 4 is 21.5 Å². The van der Waals surface area contributed by atoms with E-state index in [4.69, 9.17) is 0 Å². The third kappa shape index (κ3) is 3.39. The fraction of sp³-hybridized carbons (Fsp3) is 0.562. The zero-order chi connectivity index (χ0) is 17.5. The molecule has 2 fully saturated rings. The minimum Gasteiger partial charge on any atom is -0.464 e. The first kappa shape index (κ1) is 17.2. The Morgan fingerprint density at radius 1 is 1.42 bits per heavy atom. The van der Waals surface area contributed by atoms with Crippen LogP contribution >= 0.6 is 0 Å². The second-order valence-electron chi connectivity index (χ2n) is 6.32. The van der Waals surface area contributed by atoms with Gasteiger partial charge >= 0.3 is 5.97 Å². The van der Waals surface area contributed by atoms with Crippen molar-refractivity contribution in [3.63, 3.8) is 0 Å². The Bertz CT molecular complexity index is 733. The number of fused-ring (bicyclic) bond motifs is 1. The van der Waals surface area contributed by atoms with Crippen molar-refractivity contribution in [3.05, 3.63) is 29.6 Å². The lowest BCUT2D eigenvalue weighted by atomic mass is 10.1. The maximum absolute atomic E-state index is 14.3. The smallest absolute Gasteiger partial charge is 0.336 e. The number of benzene rings is 1. The second-order valence-corrected chi connectivity index (χ2v) is 8.47. The fourth-order valence-corrected chi connectivity index (χ4v) is 5.68. The van der Waals surface area contributed by atoms with Crippen molar-refractivity contribution in [2.45, 2.75) is 18.9 Å². The first-order chi connectivity index (χ1) is 11.3. The Morgan fingerprint density at radius 2 is 2.08 bits per heavy atom. The predicted molar refractivity (Wildman–Crippen MR) is 85.9 cm³/mol. The number of carbonyl (C=O) groups is 1. The first-order valence-corrected chi connectivity index (χ1v) is 9.73. The van der Waals surface area contributed by atoms with Crippen LogP contribution in [0.15, 0.2) is 18.2 Å². The lowest BCUT2D eigenvalue weighted by Gasteiger charge is -2.13. The van der Waals surface area contributed by atoms with E-state index >= 15 is 0 Å². The molecule has 6 nitrogen and oxygen atoms in total. The Morgan fingerprint density at radius 3 is 2.67 bits per heavy atom. The molecule has 0 aromatic heterocycles. The van der Waals surface area contributed by atoms with Crippen LogP contribution in [0.1, 0.15) is 18.4 Å². The molecule has 24 heavy (non-hydrogen) atoms. The van der Waals surface area contributed by atoms with E-state index in [1.807, 2.05) is 0 Å². The van der Waals surface area contributed by atoms with Gasteiger partial charge in [-0.05, 0) is 42.4 Å². The molecule has 1 aromatic carbocycles. The van der Waals surface area contributed by atoms with E-state index in [-0.39, 0.29) is 42.4 Å². The quantitative estimate of drug-likeness (QED) is 0.736. The molecule has 1 aliphatic carbocycles. The highest BCUT2D eigenvalue weighted by Crippen LogP contribution is 2.59. The SMILES string of the molecule is CCOC(=O)[C@H](O)CNc1ccc(C2[C@H]3CS(=O)(=O)C[C@@H]23)c(F)c1. The van der Waals surface area contributed by atoms with Crippen molar-refractivity contribution < 1.29 is 27.4 Å². The Kier molecular flexibility index (Phi) is 4.52. The molecule has 1 unspecified atom stereocenters. The third-order valence-corrected chi connectivity index (χ3v) is 6.43. The summed E-state index contributed by atoms with van der Waals surface area (Å²) in [5.74, 6) is -0.784. The molecular formula is C16H20FNO5S. The van der Waals surface area contributed by atoms with E-state index in [0.717, 1.165) is 0 Å². The fourth-order valence-electron chi connectivity index (χ4n) is 3.46. The van der Waals surface area contributed by atoms with E-state index in [1.165, 1.54) is 6.07 Å². The summed E-state index contributed by atoms with van der Waals surface area (Å²) in [5.41, 5.74) is 0.981. The number of nitrogens with one attached hydrogen (secondary N) is 1. The zero-order valence-electron chi connectivity index (χ0n) is 13.2. The molecular weight excluding hydrogens is 337 g/mol. The maximum Gasteiger partial charge on any atom is 0.336 e. The number of rotatable bonds is 6. The van der Waals surface area contributed by atoms with Crippen LogP contribution in [-0.4, -0.2) is 50.3 Å². The van der Waals surface area contributed by atoms with Crippen LogP contribution in [0.2, 0.25) is 0 Å². The normalized spacial score (nSPS) is 28.0. The maximum atomic E-state index is 14.3. The van der Waals surface area contributed by atoms with Gasteiger partial charge in [0.05, 0.1) is 24.7 Å². The molecule has 1 aliphatic heterocycles. The number of halogens is 1. The van der Waals surface area contributed by atoms with Crippen LogP contribution in [-0.2, 0) is 19.4 Å². The lowest BCUT2D eigenvalue weighted by Crippen LogP contribution is -2.30. The molecule has 0 bridgehead atoms. The minimum absolute atomic E-state index is 0.0207. The molecule has 1 heterocycles. The third-order valence-electron chi connectivity index (χ3n) is 4.64. The van der Waals surface area contributed by atoms with Gasteiger partial charge in [-0.15, -0.1) is 0 Å². The van der Waals surface area contributed by atoms with Crippen LogP contribution in [0.4, 0.5) is 10.1 Å². The predicted octanol–water partition coefficient (Wildman–Crippen LogP) is 0.920. The summed E-state index contributed by atoms with van der Waals surface area (Å²) in [6, 6.07) is 4.61. The van der Waals surface area contributed by atoms with Crippen molar-refractivity contribution in [1.29, 1.82) is 0 Å². The number of esters is 1. The van der Waals surface area contributed by atoms with Gasteiger partial charge in [0.15, 0.2) is 15.9 Å². The van der Waals surface area contributed by atoms with Crippen molar-refractivity contribution in [2.75, 3.05) is 30.0 Å². The van der Waals surface area contributed by atoms with Crippen LogP contribution in [0, 0.1) is 17.7 Å². The summed E-state index contributed by atoms with van der Waals surface area (Å²) < 4.78 is 41.9. The molecule has 0 radical (unpaired) electrons. The molecule has 132 valence electrons. The van der Waals surface area contributed by atoms with Crippen molar-refractivity contribution in [2.24, 2.45) is 11.8 Å². The standard InChI is InChI=1S/C16H20FNO5S/c1-2-23-16(20)14(19)6-18-9-3-4-10(13(17)5-9)15-11-7-24(21,22)8-12(11)15/h3-5,11-12,14-15,18-19H,2,6-8H2,1H3/t11-,12+,14-,15?/m1/s1. The number of aliphatic hydroxyl groups excluding tert-OH is 1. The van der Waals surface area contributed by atoms with E-state index in [1.54, 1.807) is 19.1 Å². The molecule has 1 saturated carbocycles. The number of hydrogen-bond donors (Lipinski definition) is 2. The van der Waals surface area contributed by atoms with Gasteiger partial charge in [0, 0.05) is 5.69 Å². The van der Waals surface area contributed by atoms with Gasteiger partial charge in [-0.3, -0.25) is 0 Å². The average Bonchev–Trinajstić information content (AvgIpc) is 3.02. The number of ether oxygens (including phenoxy) is 1. The van der Waals surface area contributed by atoms with Gasteiger partial charge in [0.1, 0.15) is 5.82 Å². The van der Waals surface area contributed by atoms with Crippen molar-refractivity contribution in [3.8, 4) is 0 Å². The van der Waals surface area contributed by atoms with Gasteiger partial charge in [0.2, 0.25) is 0 Å². The molecule has 4 atom stereocenters. The second kappa shape index (κ2) is 6.33. The van der Waals surface area contributed by atoms with Crippen molar-refractivity contribution in [1.82, 2.24) is 0 Å². The Labute approximate surface area is 139 Å². The average molecular weight is 357 g/mol. The van der Waals surface area contributed by atoms with Gasteiger partial charge in [-0.25, -0.2) is 17.6 Å². The van der Waals surface area contributed by atoms with E-state index < -0.39 is 27.7 Å². The highest BCUT2D eigenvalue weighted by Gasteiger charge is 2.59. The number of aliphatic hydroxyl groups is 1. The van der Waals surface area contributed by atoms with Crippen LogP contribution in [0.25, 0.3) is 0 Å². The summed E-state index contributed by atoms with van der Waals surface area (Å²) in [5, 5.41) is 12.4. The molecule has 2 aliphatic rings. The Hall–Kier alpha value is -1.67. The minimum atomic E-state index is -2.95. The monoisotopic (exact) mass is 357 g/mol. The molecule has 0 spiro atoms.